The number of nitrogens with one attached hydrogen (secondary N) is 1. The second kappa shape index (κ2) is 6.28. The van der Waals surface area contributed by atoms with Gasteiger partial charge in [0.05, 0.1) is 21.0 Å². The molecule has 4 nitrogen and oxygen atoms in total. The van der Waals surface area contributed by atoms with Crippen molar-refractivity contribution in [3.8, 4) is 0 Å². The second-order valence-corrected chi connectivity index (χ2v) is 7.59. The van der Waals surface area contributed by atoms with Gasteiger partial charge in [0.15, 0.2) is 0 Å². The molecule has 0 unspecified atom stereocenters. The molecule has 1 aromatic rings. The Balaban J connectivity index is 2.16. The van der Waals surface area contributed by atoms with Gasteiger partial charge in [-0.05, 0) is 40.9 Å². The lowest BCUT2D eigenvalue weighted by Crippen LogP contribution is -2.32. The van der Waals surface area contributed by atoms with E-state index in [1.54, 1.807) is 0 Å². The minimum Gasteiger partial charge on any atom is -0.377 e. The molecule has 0 spiro atoms. The Kier molecular flexibility index (Phi) is 5.14. The average Bonchev–Trinajstić information content (AvgIpc) is 2.84. The van der Waals surface area contributed by atoms with Crippen LogP contribution in [0.4, 0.5) is 0 Å². The zero-order valence-corrected chi connectivity index (χ0v) is 13.7. The normalized spacial score (nSPS) is 19.8. The first-order valence-electron chi connectivity index (χ1n) is 5.66. The summed E-state index contributed by atoms with van der Waals surface area (Å²) in [5.74, 6) is 0. The van der Waals surface area contributed by atoms with Gasteiger partial charge in [-0.1, -0.05) is 23.2 Å². The van der Waals surface area contributed by atoms with Crippen molar-refractivity contribution in [2.75, 3.05) is 13.2 Å². The maximum absolute atomic E-state index is 12.2. The molecule has 1 aromatic carbocycles. The predicted molar refractivity (Wildman–Crippen MR) is 78.3 cm³/mol. The molecule has 0 radical (unpaired) electrons. The zero-order chi connectivity index (χ0) is 14.0. The van der Waals surface area contributed by atoms with Gasteiger partial charge >= 0.3 is 0 Å². The third-order valence-electron chi connectivity index (χ3n) is 2.79. The van der Waals surface area contributed by atoms with E-state index in [1.165, 1.54) is 12.1 Å². The molecule has 106 valence electrons. The molecular formula is C11H12BrCl2NO3S. The fraction of sp³-hybridized carbons (Fsp3) is 0.455. The van der Waals surface area contributed by atoms with Crippen LogP contribution in [0.25, 0.3) is 0 Å². The predicted octanol–water partition coefficient (Wildman–Crippen LogP) is 3.21. The lowest BCUT2D eigenvalue weighted by atomic mass is 10.2. The Hall–Kier alpha value is 0.150. The van der Waals surface area contributed by atoms with Crippen LogP contribution in [-0.2, 0) is 14.8 Å². The molecule has 1 aliphatic rings. The number of ether oxygens (including phenoxy) is 1. The summed E-state index contributed by atoms with van der Waals surface area (Å²) in [4.78, 5) is 0.0693. The molecule has 1 N–H and O–H groups in total. The molecule has 1 atom stereocenters. The van der Waals surface area contributed by atoms with Gasteiger partial charge in [-0.2, -0.15) is 0 Å². The van der Waals surface area contributed by atoms with E-state index in [1.807, 2.05) is 0 Å². The van der Waals surface area contributed by atoms with Crippen LogP contribution < -0.4 is 4.72 Å². The smallest absolute Gasteiger partial charge is 0.241 e. The molecule has 1 aliphatic heterocycles. The number of sulfonamides is 1. The van der Waals surface area contributed by atoms with Crippen molar-refractivity contribution in [2.24, 2.45) is 0 Å². The summed E-state index contributed by atoms with van der Waals surface area (Å²) in [6.07, 6.45) is 1.77. The molecule has 0 aromatic heterocycles. The highest BCUT2D eigenvalue weighted by atomic mass is 79.9. The van der Waals surface area contributed by atoms with Crippen molar-refractivity contribution < 1.29 is 13.2 Å². The second-order valence-electron chi connectivity index (χ2n) is 4.18. The molecule has 19 heavy (non-hydrogen) atoms. The van der Waals surface area contributed by atoms with E-state index in [2.05, 4.69) is 20.7 Å². The van der Waals surface area contributed by atoms with Gasteiger partial charge < -0.3 is 4.74 Å². The third-order valence-corrected chi connectivity index (χ3v) is 5.89. The molecule has 1 saturated heterocycles. The first-order valence-corrected chi connectivity index (χ1v) is 8.69. The van der Waals surface area contributed by atoms with Crippen LogP contribution in [0.2, 0.25) is 10.0 Å². The summed E-state index contributed by atoms with van der Waals surface area (Å²) in [5, 5.41) is 0.494. The third kappa shape index (κ3) is 3.83. The highest BCUT2D eigenvalue weighted by Crippen LogP contribution is 2.31. The van der Waals surface area contributed by atoms with Crippen molar-refractivity contribution in [1.82, 2.24) is 4.72 Å². The topological polar surface area (TPSA) is 55.4 Å². The lowest BCUT2D eigenvalue weighted by Gasteiger charge is -2.13. The summed E-state index contributed by atoms with van der Waals surface area (Å²) in [6.45, 7) is 0.942. The lowest BCUT2D eigenvalue weighted by molar-refractivity contribution is 0.114. The monoisotopic (exact) mass is 387 g/mol. The molecule has 2 rings (SSSR count). The minimum absolute atomic E-state index is 0.0590. The molecule has 8 heteroatoms. The largest absolute Gasteiger partial charge is 0.377 e. The van der Waals surface area contributed by atoms with Crippen LogP contribution in [0.5, 0.6) is 0 Å². The van der Waals surface area contributed by atoms with Crippen LogP contribution in [0, 0.1) is 0 Å². The summed E-state index contributed by atoms with van der Waals surface area (Å²) in [6, 6.07) is 2.79. The molecule has 0 aliphatic carbocycles. The van der Waals surface area contributed by atoms with Gasteiger partial charge in [0.25, 0.3) is 0 Å². The first kappa shape index (κ1) is 15.5. The summed E-state index contributed by atoms with van der Waals surface area (Å²) in [7, 11) is -3.64. The van der Waals surface area contributed by atoms with E-state index in [4.69, 9.17) is 27.9 Å². The van der Waals surface area contributed by atoms with E-state index < -0.39 is 10.0 Å². The highest BCUT2D eigenvalue weighted by Gasteiger charge is 2.22. The summed E-state index contributed by atoms with van der Waals surface area (Å²) >= 11 is 14.8. The fourth-order valence-corrected chi connectivity index (χ4v) is 4.45. The number of rotatable bonds is 4. The summed E-state index contributed by atoms with van der Waals surface area (Å²) < 4.78 is 32.6. The van der Waals surface area contributed by atoms with Crippen LogP contribution in [0.15, 0.2) is 21.5 Å². The number of hydrogen-bond donors (Lipinski definition) is 1. The Morgan fingerprint density at radius 1 is 1.37 bits per heavy atom. The van der Waals surface area contributed by atoms with Gasteiger partial charge in [0.1, 0.15) is 0 Å². The van der Waals surface area contributed by atoms with Crippen molar-refractivity contribution in [2.45, 2.75) is 23.8 Å². The number of halogens is 3. The Morgan fingerprint density at radius 2 is 2.05 bits per heavy atom. The van der Waals surface area contributed by atoms with Gasteiger partial charge in [-0.3, -0.25) is 0 Å². The van der Waals surface area contributed by atoms with Gasteiger partial charge in [-0.15, -0.1) is 0 Å². The Labute approximate surface area is 130 Å². The molecular weight excluding hydrogens is 377 g/mol. The van der Waals surface area contributed by atoms with E-state index in [-0.39, 0.29) is 22.6 Å². The molecule has 1 heterocycles. The Morgan fingerprint density at radius 3 is 2.68 bits per heavy atom. The highest BCUT2D eigenvalue weighted by molar-refractivity contribution is 9.10. The van der Waals surface area contributed by atoms with E-state index >= 15 is 0 Å². The van der Waals surface area contributed by atoms with Gasteiger partial charge in [-0.25, -0.2) is 13.1 Å². The van der Waals surface area contributed by atoms with Gasteiger partial charge in [0.2, 0.25) is 10.0 Å². The molecule has 0 bridgehead atoms. The minimum atomic E-state index is -3.64. The number of benzene rings is 1. The van der Waals surface area contributed by atoms with Gasteiger partial charge in [0, 0.05) is 17.6 Å². The first-order chi connectivity index (χ1) is 8.90. The molecule has 0 amide bonds. The SMILES string of the molecule is O=S(=O)(NC[C@H]1CCCO1)c1cc(Cl)c(Cl)cc1Br. The quantitative estimate of drug-likeness (QED) is 0.805. The van der Waals surface area contributed by atoms with Crippen molar-refractivity contribution in [1.29, 1.82) is 0 Å². The van der Waals surface area contributed by atoms with E-state index in [0.717, 1.165) is 12.8 Å². The van der Waals surface area contributed by atoms with Crippen LogP contribution in [-0.4, -0.2) is 27.7 Å². The average molecular weight is 389 g/mol. The maximum atomic E-state index is 12.2. The van der Waals surface area contributed by atoms with Crippen LogP contribution in [0.3, 0.4) is 0 Å². The fourth-order valence-electron chi connectivity index (χ4n) is 1.80. The van der Waals surface area contributed by atoms with E-state index in [0.29, 0.717) is 16.1 Å². The zero-order valence-electron chi connectivity index (χ0n) is 9.83. The van der Waals surface area contributed by atoms with Crippen molar-refractivity contribution >= 4 is 49.2 Å². The molecule has 1 fully saturated rings. The van der Waals surface area contributed by atoms with Crippen LogP contribution in [0.1, 0.15) is 12.8 Å². The van der Waals surface area contributed by atoms with E-state index in [9.17, 15) is 8.42 Å². The summed E-state index contributed by atoms with van der Waals surface area (Å²) in [5.41, 5.74) is 0. The maximum Gasteiger partial charge on any atom is 0.241 e. The van der Waals surface area contributed by atoms with Crippen molar-refractivity contribution in [3.63, 3.8) is 0 Å². The van der Waals surface area contributed by atoms with Crippen LogP contribution >= 0.6 is 39.1 Å². The van der Waals surface area contributed by atoms with Crippen molar-refractivity contribution in [3.05, 3.63) is 26.7 Å². The molecule has 0 saturated carbocycles. The standard InChI is InChI=1S/C11H12BrCl2NO3S/c12-8-4-9(13)10(14)5-11(8)19(16,17)15-6-7-2-1-3-18-7/h4-5,7,15H,1-3,6H2/t7-/m1/s1. The Bertz CT molecular complexity index is 574. The number of hydrogen-bond acceptors (Lipinski definition) is 3.